The summed E-state index contributed by atoms with van der Waals surface area (Å²) in [5.74, 6) is -2.89. The molecule has 0 radical (unpaired) electrons. The summed E-state index contributed by atoms with van der Waals surface area (Å²) in [6.45, 7) is 5.67. The molecule has 9 N–H and O–H groups in total. The van der Waals surface area contributed by atoms with Crippen LogP contribution >= 0.6 is 0 Å². The van der Waals surface area contributed by atoms with E-state index in [1.165, 1.54) is 20.8 Å². The summed E-state index contributed by atoms with van der Waals surface area (Å²) in [5.41, 5.74) is -0.667. The molecule has 0 fully saturated rings. The van der Waals surface area contributed by atoms with E-state index in [4.69, 9.17) is 46.0 Å². The Morgan fingerprint density at radius 2 is 0.833 bits per heavy atom. The van der Waals surface area contributed by atoms with E-state index in [0.29, 0.717) is 6.42 Å². The molecule has 12 heteroatoms. The summed E-state index contributed by atoms with van der Waals surface area (Å²) < 4.78 is 0. The number of carboxylic acids is 3. The first-order valence-corrected chi connectivity index (χ1v) is 9.15. The zero-order valence-corrected chi connectivity index (χ0v) is 17.9. The highest BCUT2D eigenvalue weighted by molar-refractivity contribution is 5.67. The third-order valence-corrected chi connectivity index (χ3v) is 3.17. The van der Waals surface area contributed by atoms with Crippen molar-refractivity contribution in [1.82, 2.24) is 0 Å². The molecular formula is C18H38O12. The molecule has 0 aliphatic heterocycles. The largest absolute Gasteiger partial charge is 0.481 e. The van der Waals surface area contributed by atoms with Gasteiger partial charge in [0.15, 0.2) is 0 Å². The van der Waals surface area contributed by atoms with Gasteiger partial charge in [0.1, 0.15) is 0 Å². The molecule has 0 aromatic carbocycles. The Labute approximate surface area is 176 Å². The molecule has 182 valence electrons. The predicted molar refractivity (Wildman–Crippen MR) is 106 cm³/mol. The van der Waals surface area contributed by atoms with Gasteiger partial charge < -0.3 is 46.0 Å². The van der Waals surface area contributed by atoms with Gasteiger partial charge >= 0.3 is 17.9 Å². The number of carbonyl (C=O) groups is 3. The van der Waals surface area contributed by atoms with Crippen LogP contribution in [0.2, 0.25) is 0 Å². The van der Waals surface area contributed by atoms with Gasteiger partial charge in [-0.3, -0.25) is 14.4 Å². The maximum atomic E-state index is 9.65. The van der Waals surface area contributed by atoms with Crippen LogP contribution in [0.15, 0.2) is 0 Å². The maximum absolute atomic E-state index is 9.65. The summed E-state index contributed by atoms with van der Waals surface area (Å²) >= 11 is 0. The monoisotopic (exact) mass is 446 g/mol. The van der Waals surface area contributed by atoms with Crippen molar-refractivity contribution in [3.05, 3.63) is 0 Å². The van der Waals surface area contributed by atoms with Crippen LogP contribution in [0.4, 0.5) is 0 Å². The lowest BCUT2D eigenvalue weighted by atomic mass is 9.88. The molecule has 0 aliphatic carbocycles. The van der Waals surface area contributed by atoms with Gasteiger partial charge in [-0.2, -0.15) is 0 Å². The van der Waals surface area contributed by atoms with Gasteiger partial charge in [-0.1, -0.05) is 6.92 Å². The molecule has 0 aromatic heterocycles. The van der Waals surface area contributed by atoms with Crippen LogP contribution in [0, 0.1) is 5.41 Å². The normalized spacial score (nSPS) is 13.0. The third kappa shape index (κ3) is 33.7. The number of aliphatic hydroxyl groups is 6. The van der Waals surface area contributed by atoms with E-state index in [2.05, 4.69) is 0 Å². The molecule has 0 rings (SSSR count). The van der Waals surface area contributed by atoms with Crippen molar-refractivity contribution in [2.75, 3.05) is 19.8 Å². The Bertz CT molecular complexity index is 366. The first kappa shape index (κ1) is 35.6. The summed E-state index contributed by atoms with van der Waals surface area (Å²) in [6, 6.07) is 0. The fraction of sp³-hybridized carbons (Fsp3) is 0.833. The number of rotatable bonds is 10. The van der Waals surface area contributed by atoms with E-state index in [0.717, 1.165) is 0 Å². The predicted octanol–water partition coefficient (Wildman–Crippen LogP) is -1.11. The van der Waals surface area contributed by atoms with Crippen molar-refractivity contribution in [2.45, 2.75) is 71.7 Å². The Hall–Kier alpha value is -1.83. The highest BCUT2D eigenvalue weighted by Crippen LogP contribution is 2.18. The topological polar surface area (TPSA) is 233 Å². The Morgan fingerprint density at radius 3 is 0.833 bits per heavy atom. The van der Waals surface area contributed by atoms with Crippen molar-refractivity contribution in [2.24, 2.45) is 5.41 Å². The van der Waals surface area contributed by atoms with E-state index >= 15 is 0 Å². The van der Waals surface area contributed by atoms with Crippen molar-refractivity contribution >= 4 is 17.9 Å². The van der Waals surface area contributed by atoms with Gasteiger partial charge in [0.2, 0.25) is 0 Å². The number of aliphatic carboxylic acids is 3. The Morgan fingerprint density at radius 1 is 0.633 bits per heavy atom. The van der Waals surface area contributed by atoms with E-state index in [1.54, 1.807) is 0 Å². The maximum Gasteiger partial charge on any atom is 0.305 e. The second-order valence-corrected chi connectivity index (χ2v) is 6.67. The standard InChI is InChI=1S/C6H14O3.3C4H8O3/c1-2-6(3-7,4-8)5-9;3*1-3(5)2-4(6)7/h7-9H,2-5H2,1H3;3*3,5H,2H2,1H3,(H,6,7). The average Bonchev–Trinajstić information content (AvgIpc) is 2.55. The zero-order valence-electron chi connectivity index (χ0n) is 17.9. The minimum Gasteiger partial charge on any atom is -0.481 e. The molecule has 30 heavy (non-hydrogen) atoms. The lowest BCUT2D eigenvalue weighted by Gasteiger charge is -2.24. The number of aliphatic hydroxyl groups excluding tert-OH is 6. The van der Waals surface area contributed by atoms with Crippen LogP contribution in [0.3, 0.4) is 0 Å². The van der Waals surface area contributed by atoms with E-state index in [1.807, 2.05) is 6.92 Å². The first-order chi connectivity index (χ1) is 13.6. The zero-order chi connectivity index (χ0) is 24.9. The number of hydrogen-bond acceptors (Lipinski definition) is 9. The average molecular weight is 446 g/mol. The molecule has 3 unspecified atom stereocenters. The van der Waals surface area contributed by atoms with Crippen molar-refractivity contribution in [3.63, 3.8) is 0 Å². The second kappa shape index (κ2) is 21.9. The van der Waals surface area contributed by atoms with Crippen LogP contribution in [-0.2, 0) is 14.4 Å². The molecule has 0 spiro atoms. The minimum absolute atomic E-state index is 0.156. The summed E-state index contributed by atoms with van der Waals surface area (Å²) in [5, 5.41) is 74.8. The van der Waals surface area contributed by atoms with Crippen LogP contribution in [0.25, 0.3) is 0 Å². The summed E-state index contributed by atoms with van der Waals surface area (Å²) in [7, 11) is 0. The molecule has 0 saturated carbocycles. The molecule has 0 heterocycles. The van der Waals surface area contributed by atoms with Crippen LogP contribution in [0.1, 0.15) is 53.4 Å². The molecular weight excluding hydrogens is 408 g/mol. The number of carboxylic acid groups (broad SMARTS) is 3. The third-order valence-electron chi connectivity index (χ3n) is 3.17. The highest BCUT2D eigenvalue weighted by atomic mass is 16.4. The molecule has 12 nitrogen and oxygen atoms in total. The van der Waals surface area contributed by atoms with E-state index in [-0.39, 0.29) is 39.1 Å². The van der Waals surface area contributed by atoms with Crippen LogP contribution in [-0.4, -0.2) is 102 Å². The lowest BCUT2D eigenvalue weighted by Crippen LogP contribution is -2.32. The van der Waals surface area contributed by atoms with Gasteiger partial charge in [-0.05, 0) is 27.2 Å². The SMILES string of the molecule is CC(O)CC(=O)O.CC(O)CC(=O)O.CC(O)CC(=O)O.CCC(CO)(CO)CO. The highest BCUT2D eigenvalue weighted by Gasteiger charge is 2.24. The molecule has 3 atom stereocenters. The van der Waals surface area contributed by atoms with Gasteiger partial charge in [0.05, 0.1) is 57.4 Å². The smallest absolute Gasteiger partial charge is 0.305 e. The second-order valence-electron chi connectivity index (χ2n) is 6.67. The molecule has 0 saturated heterocycles. The van der Waals surface area contributed by atoms with Crippen molar-refractivity contribution in [3.8, 4) is 0 Å². The minimum atomic E-state index is -0.963. The fourth-order valence-electron chi connectivity index (χ4n) is 1.24. The molecule has 0 bridgehead atoms. The van der Waals surface area contributed by atoms with Gasteiger partial charge in [-0.25, -0.2) is 0 Å². The number of hydrogen-bond donors (Lipinski definition) is 9. The van der Waals surface area contributed by atoms with Crippen LogP contribution < -0.4 is 0 Å². The van der Waals surface area contributed by atoms with Gasteiger partial charge in [0.25, 0.3) is 0 Å². The van der Waals surface area contributed by atoms with E-state index in [9.17, 15) is 14.4 Å². The summed E-state index contributed by atoms with van der Waals surface area (Å²) in [4.78, 5) is 28.9. The fourth-order valence-corrected chi connectivity index (χ4v) is 1.24. The van der Waals surface area contributed by atoms with E-state index < -0.39 is 41.6 Å². The lowest BCUT2D eigenvalue weighted by molar-refractivity contribution is -0.140. The summed E-state index contributed by atoms with van der Waals surface area (Å²) in [6.07, 6.45) is -2.08. The van der Waals surface area contributed by atoms with Crippen molar-refractivity contribution < 1.29 is 60.3 Å². The van der Waals surface area contributed by atoms with Crippen molar-refractivity contribution in [1.29, 1.82) is 0 Å². The molecule has 0 aliphatic rings. The molecule has 0 aromatic rings. The van der Waals surface area contributed by atoms with Crippen LogP contribution in [0.5, 0.6) is 0 Å². The quantitative estimate of drug-likeness (QED) is 0.194. The van der Waals surface area contributed by atoms with Gasteiger partial charge in [0, 0.05) is 5.41 Å². The van der Waals surface area contributed by atoms with Gasteiger partial charge in [-0.15, -0.1) is 0 Å². The Kier molecular flexibility index (Phi) is 25.9. The Balaban J connectivity index is -0.000000151. The first-order valence-electron chi connectivity index (χ1n) is 9.15. The molecule has 0 amide bonds.